The van der Waals surface area contributed by atoms with Crippen LogP contribution < -0.4 is 10.2 Å². The number of nitrogens with one attached hydrogen (secondary N) is 1. The third-order valence-corrected chi connectivity index (χ3v) is 4.54. The number of rotatable bonds is 4. The third-order valence-electron chi connectivity index (χ3n) is 4.54. The maximum absolute atomic E-state index is 12.7. The van der Waals surface area contributed by atoms with Gasteiger partial charge in [-0.15, -0.1) is 0 Å². The fraction of sp³-hybridized carbons (Fsp3) is 0.412. The van der Waals surface area contributed by atoms with Crippen molar-refractivity contribution in [1.29, 1.82) is 0 Å². The van der Waals surface area contributed by atoms with Gasteiger partial charge in [0.05, 0.1) is 25.5 Å². The number of carbonyl (C=O) groups is 2. The zero-order chi connectivity index (χ0) is 18.1. The zero-order valence-electron chi connectivity index (χ0n) is 14.5. The van der Waals surface area contributed by atoms with Gasteiger partial charge in [-0.1, -0.05) is 0 Å². The van der Waals surface area contributed by atoms with Crippen LogP contribution in [0.25, 0.3) is 0 Å². The minimum absolute atomic E-state index is 0.202. The fourth-order valence-corrected chi connectivity index (χ4v) is 3.16. The Morgan fingerprint density at radius 3 is 2.81 bits per heavy atom. The number of carbonyl (C=O) groups excluding carboxylic acids is 2. The first-order valence-corrected chi connectivity index (χ1v) is 8.51. The average molecular weight is 356 g/mol. The Kier molecular flexibility index (Phi) is 4.29. The summed E-state index contributed by atoms with van der Waals surface area (Å²) in [5.41, 5.74) is 1.39. The molecule has 9 heteroatoms. The van der Waals surface area contributed by atoms with E-state index in [2.05, 4.69) is 20.3 Å². The molecule has 3 amide bonds. The quantitative estimate of drug-likeness (QED) is 0.800. The van der Waals surface area contributed by atoms with Gasteiger partial charge in [-0.2, -0.15) is 5.10 Å². The first-order chi connectivity index (χ1) is 12.6. The molecule has 1 atom stereocenters. The predicted molar refractivity (Wildman–Crippen MR) is 92.3 cm³/mol. The normalized spacial score (nSPS) is 20.6. The summed E-state index contributed by atoms with van der Waals surface area (Å²) in [6.45, 7) is 3.10. The number of imide groups is 1. The molecule has 4 rings (SSSR count). The number of amides is 3. The van der Waals surface area contributed by atoms with Crippen LogP contribution in [0.4, 0.5) is 10.6 Å². The second-order valence-corrected chi connectivity index (χ2v) is 6.34. The van der Waals surface area contributed by atoms with Crippen molar-refractivity contribution in [3.8, 4) is 0 Å². The van der Waals surface area contributed by atoms with E-state index >= 15 is 0 Å². The van der Waals surface area contributed by atoms with Gasteiger partial charge in [-0.25, -0.2) is 9.78 Å². The number of morpholine rings is 1. The first kappa shape index (κ1) is 16.5. The summed E-state index contributed by atoms with van der Waals surface area (Å²) in [4.78, 5) is 32.7. The lowest BCUT2D eigenvalue weighted by atomic mass is 10.2. The van der Waals surface area contributed by atoms with Crippen LogP contribution in [0.3, 0.4) is 0 Å². The van der Waals surface area contributed by atoms with E-state index in [9.17, 15) is 9.59 Å². The second kappa shape index (κ2) is 6.75. The lowest BCUT2D eigenvalue weighted by Gasteiger charge is -2.28. The van der Waals surface area contributed by atoms with E-state index in [1.165, 1.54) is 4.90 Å². The molecule has 0 saturated carbocycles. The van der Waals surface area contributed by atoms with Crippen LogP contribution in [0.2, 0.25) is 0 Å². The maximum atomic E-state index is 12.7. The highest BCUT2D eigenvalue weighted by molar-refractivity contribution is 6.04. The SMILES string of the molecule is Cn1ccc(C2NC(=O)N(Cc3ccnc(N4CCOCC4)c3)C2=O)n1. The van der Waals surface area contributed by atoms with Crippen LogP contribution in [-0.4, -0.2) is 57.9 Å². The van der Waals surface area contributed by atoms with Crippen LogP contribution in [0.1, 0.15) is 17.3 Å². The third kappa shape index (κ3) is 3.13. The van der Waals surface area contributed by atoms with Crippen LogP contribution in [0.5, 0.6) is 0 Å². The number of hydrogen-bond acceptors (Lipinski definition) is 6. The number of aryl methyl sites for hydroxylation is 1. The Hall–Kier alpha value is -2.94. The predicted octanol–water partition coefficient (Wildman–Crippen LogP) is 0.445. The Labute approximate surface area is 150 Å². The maximum Gasteiger partial charge on any atom is 0.325 e. The van der Waals surface area contributed by atoms with Crippen molar-refractivity contribution >= 4 is 17.8 Å². The summed E-state index contributed by atoms with van der Waals surface area (Å²) in [7, 11) is 1.77. The summed E-state index contributed by atoms with van der Waals surface area (Å²) in [5.74, 6) is 0.539. The molecule has 2 aliphatic heterocycles. The number of nitrogens with zero attached hydrogens (tertiary/aromatic N) is 5. The Morgan fingerprint density at radius 1 is 1.27 bits per heavy atom. The zero-order valence-corrected chi connectivity index (χ0v) is 14.5. The second-order valence-electron chi connectivity index (χ2n) is 6.34. The Morgan fingerprint density at radius 2 is 2.08 bits per heavy atom. The highest BCUT2D eigenvalue weighted by atomic mass is 16.5. The molecule has 0 aliphatic carbocycles. The molecule has 0 bridgehead atoms. The van der Waals surface area contributed by atoms with E-state index in [4.69, 9.17) is 4.74 Å². The molecule has 0 radical (unpaired) electrons. The summed E-state index contributed by atoms with van der Waals surface area (Å²) in [5, 5.41) is 6.92. The van der Waals surface area contributed by atoms with Crippen molar-refractivity contribution in [2.75, 3.05) is 31.2 Å². The van der Waals surface area contributed by atoms with Gasteiger partial charge in [-0.3, -0.25) is 14.4 Å². The van der Waals surface area contributed by atoms with Gasteiger partial charge in [0.2, 0.25) is 0 Å². The Balaban J connectivity index is 1.50. The molecule has 2 fully saturated rings. The van der Waals surface area contributed by atoms with Crippen molar-refractivity contribution in [3.05, 3.63) is 41.9 Å². The van der Waals surface area contributed by atoms with E-state index in [1.54, 1.807) is 30.2 Å². The molecule has 136 valence electrons. The molecule has 9 nitrogen and oxygen atoms in total. The van der Waals surface area contributed by atoms with Crippen molar-refractivity contribution in [2.24, 2.45) is 7.05 Å². The molecule has 1 unspecified atom stereocenters. The van der Waals surface area contributed by atoms with Crippen LogP contribution in [0.15, 0.2) is 30.6 Å². The van der Waals surface area contributed by atoms with Gasteiger partial charge in [0.15, 0.2) is 6.04 Å². The number of anilines is 1. The summed E-state index contributed by atoms with van der Waals surface area (Å²) in [6.07, 6.45) is 3.45. The molecule has 2 aromatic heterocycles. The number of hydrogen-bond donors (Lipinski definition) is 1. The van der Waals surface area contributed by atoms with Crippen LogP contribution >= 0.6 is 0 Å². The van der Waals surface area contributed by atoms with E-state index in [1.807, 2.05) is 12.1 Å². The molecule has 2 aromatic rings. The highest BCUT2D eigenvalue weighted by Gasteiger charge is 2.40. The van der Waals surface area contributed by atoms with Gasteiger partial charge < -0.3 is 15.0 Å². The molecule has 2 aliphatic rings. The lowest BCUT2D eigenvalue weighted by molar-refractivity contribution is -0.128. The number of pyridine rings is 1. The van der Waals surface area contributed by atoms with Gasteiger partial charge in [0.1, 0.15) is 5.82 Å². The van der Waals surface area contributed by atoms with E-state index in [-0.39, 0.29) is 12.5 Å². The minimum Gasteiger partial charge on any atom is -0.378 e. The Bertz CT molecular complexity index is 829. The van der Waals surface area contributed by atoms with E-state index < -0.39 is 12.1 Å². The molecule has 4 heterocycles. The van der Waals surface area contributed by atoms with Crippen molar-refractivity contribution < 1.29 is 14.3 Å². The number of aromatic nitrogens is 3. The van der Waals surface area contributed by atoms with Crippen molar-refractivity contribution in [3.63, 3.8) is 0 Å². The minimum atomic E-state index is -0.732. The van der Waals surface area contributed by atoms with Gasteiger partial charge in [0, 0.05) is 32.5 Å². The molecule has 0 spiro atoms. The fourth-order valence-electron chi connectivity index (χ4n) is 3.16. The summed E-state index contributed by atoms with van der Waals surface area (Å²) >= 11 is 0. The van der Waals surface area contributed by atoms with Crippen LogP contribution in [-0.2, 0) is 23.1 Å². The van der Waals surface area contributed by atoms with Gasteiger partial charge in [-0.05, 0) is 23.8 Å². The van der Waals surface area contributed by atoms with Crippen molar-refractivity contribution in [2.45, 2.75) is 12.6 Å². The highest BCUT2D eigenvalue weighted by Crippen LogP contribution is 2.23. The molecular formula is C17H20N6O3. The van der Waals surface area contributed by atoms with E-state index in [0.717, 1.165) is 24.5 Å². The molecule has 1 N–H and O–H groups in total. The molecule has 0 aromatic carbocycles. The largest absolute Gasteiger partial charge is 0.378 e. The summed E-state index contributed by atoms with van der Waals surface area (Å²) in [6, 6.07) is 4.33. The molecule has 2 saturated heterocycles. The topological polar surface area (TPSA) is 92.6 Å². The lowest BCUT2D eigenvalue weighted by Crippen LogP contribution is -2.37. The van der Waals surface area contributed by atoms with Crippen LogP contribution in [0, 0.1) is 0 Å². The van der Waals surface area contributed by atoms with Gasteiger partial charge >= 0.3 is 6.03 Å². The number of urea groups is 1. The monoisotopic (exact) mass is 356 g/mol. The average Bonchev–Trinajstić information content (AvgIpc) is 3.21. The van der Waals surface area contributed by atoms with Crippen molar-refractivity contribution in [1.82, 2.24) is 25.0 Å². The summed E-state index contributed by atoms with van der Waals surface area (Å²) < 4.78 is 6.97. The smallest absolute Gasteiger partial charge is 0.325 e. The molecule has 26 heavy (non-hydrogen) atoms. The first-order valence-electron chi connectivity index (χ1n) is 8.51. The van der Waals surface area contributed by atoms with E-state index in [0.29, 0.717) is 18.9 Å². The molecular weight excluding hydrogens is 336 g/mol. The van der Waals surface area contributed by atoms with Gasteiger partial charge in [0.25, 0.3) is 5.91 Å². The number of ether oxygens (including phenoxy) is 1. The standard InChI is InChI=1S/C17H20N6O3/c1-21-5-3-13(20-21)15-16(24)23(17(25)19-15)11-12-2-4-18-14(10-12)22-6-8-26-9-7-22/h2-5,10,15H,6-9,11H2,1H3,(H,19,25).